The summed E-state index contributed by atoms with van der Waals surface area (Å²) in [6.07, 6.45) is 3.46. The lowest BCUT2D eigenvalue weighted by Crippen LogP contribution is -2.44. The number of hydrogen-bond acceptors (Lipinski definition) is 3. The molecule has 2 heterocycles. The summed E-state index contributed by atoms with van der Waals surface area (Å²) in [6, 6.07) is 8.22. The topological polar surface area (TPSA) is 60.9 Å². The third kappa shape index (κ3) is 3.93. The molecule has 26 heavy (non-hydrogen) atoms. The van der Waals surface area contributed by atoms with E-state index in [9.17, 15) is 14.7 Å². The molecule has 0 unspecified atom stereocenters. The van der Waals surface area contributed by atoms with Crippen LogP contribution in [-0.2, 0) is 15.0 Å². The summed E-state index contributed by atoms with van der Waals surface area (Å²) < 4.78 is 0. The average molecular weight is 358 g/mol. The largest absolute Gasteiger partial charge is 0.480 e. The minimum absolute atomic E-state index is 0.0561. The fourth-order valence-electron chi connectivity index (χ4n) is 4.18. The zero-order valence-corrected chi connectivity index (χ0v) is 16.1. The Hall–Kier alpha value is -1.88. The number of carboxylic acid groups (broad SMARTS) is 1. The van der Waals surface area contributed by atoms with E-state index in [1.807, 2.05) is 9.80 Å². The van der Waals surface area contributed by atoms with Crippen LogP contribution in [0.15, 0.2) is 24.3 Å². The minimum atomic E-state index is -0.814. The van der Waals surface area contributed by atoms with Gasteiger partial charge in [0, 0.05) is 6.54 Å². The van der Waals surface area contributed by atoms with Crippen LogP contribution in [0.25, 0.3) is 0 Å². The molecule has 1 amide bonds. The average Bonchev–Trinajstić information content (AvgIpc) is 3.23. The highest BCUT2D eigenvalue weighted by Crippen LogP contribution is 2.33. The van der Waals surface area contributed by atoms with E-state index in [0.717, 1.165) is 25.8 Å². The molecule has 0 spiro atoms. The lowest BCUT2D eigenvalue weighted by molar-refractivity contribution is -0.143. The molecule has 2 saturated heterocycles. The molecule has 1 N–H and O–H groups in total. The fraction of sp³-hybridized carbons (Fsp3) is 0.619. The molecule has 2 fully saturated rings. The van der Waals surface area contributed by atoms with Gasteiger partial charge in [-0.15, -0.1) is 0 Å². The zero-order chi connectivity index (χ0) is 18.9. The van der Waals surface area contributed by atoms with E-state index in [1.54, 1.807) is 0 Å². The van der Waals surface area contributed by atoms with E-state index in [-0.39, 0.29) is 23.9 Å². The van der Waals surface area contributed by atoms with Crippen LogP contribution < -0.4 is 0 Å². The number of benzene rings is 1. The Balaban J connectivity index is 1.69. The number of carboxylic acids is 1. The summed E-state index contributed by atoms with van der Waals surface area (Å²) >= 11 is 0. The van der Waals surface area contributed by atoms with Gasteiger partial charge in [0.1, 0.15) is 6.04 Å². The predicted molar refractivity (Wildman–Crippen MR) is 101 cm³/mol. The van der Waals surface area contributed by atoms with Crippen molar-refractivity contribution in [3.63, 3.8) is 0 Å². The molecular weight excluding hydrogens is 328 g/mol. The second-order valence-corrected chi connectivity index (χ2v) is 8.58. The highest BCUT2D eigenvalue weighted by molar-refractivity contribution is 5.81. The molecule has 2 atom stereocenters. The van der Waals surface area contributed by atoms with Gasteiger partial charge in [-0.3, -0.25) is 14.5 Å². The Kier molecular flexibility index (Phi) is 5.37. The quantitative estimate of drug-likeness (QED) is 0.898. The van der Waals surface area contributed by atoms with Crippen LogP contribution in [0.3, 0.4) is 0 Å². The summed E-state index contributed by atoms with van der Waals surface area (Å²) in [5, 5.41) is 9.32. The van der Waals surface area contributed by atoms with Crippen molar-refractivity contribution in [1.82, 2.24) is 9.80 Å². The van der Waals surface area contributed by atoms with Gasteiger partial charge in [-0.1, -0.05) is 45.0 Å². The molecule has 5 heteroatoms. The lowest BCUT2D eigenvalue weighted by Gasteiger charge is -2.29. The first-order valence-corrected chi connectivity index (χ1v) is 9.64. The SMILES string of the molecule is CC(C)(C)c1ccc([C@H]2CCCN2C(=O)CN2CCC[C@@H]2C(=O)O)cc1. The molecule has 5 nitrogen and oxygen atoms in total. The van der Waals surface area contributed by atoms with Crippen molar-refractivity contribution in [3.8, 4) is 0 Å². The van der Waals surface area contributed by atoms with E-state index < -0.39 is 12.0 Å². The summed E-state index contributed by atoms with van der Waals surface area (Å²) in [4.78, 5) is 28.0. The van der Waals surface area contributed by atoms with E-state index in [2.05, 4.69) is 45.0 Å². The van der Waals surface area contributed by atoms with E-state index in [0.29, 0.717) is 13.0 Å². The molecule has 0 radical (unpaired) electrons. The number of amides is 1. The van der Waals surface area contributed by atoms with Crippen molar-refractivity contribution in [2.75, 3.05) is 19.6 Å². The molecule has 142 valence electrons. The second-order valence-electron chi connectivity index (χ2n) is 8.58. The number of carbonyl (C=O) groups excluding carboxylic acids is 1. The normalized spacial score (nSPS) is 24.2. The van der Waals surface area contributed by atoms with Crippen LogP contribution in [0.2, 0.25) is 0 Å². The first-order chi connectivity index (χ1) is 12.3. The zero-order valence-electron chi connectivity index (χ0n) is 16.1. The standard InChI is InChI=1S/C21H30N2O3/c1-21(2,3)16-10-8-15(9-11-16)17-6-5-13-23(17)19(24)14-22-12-4-7-18(22)20(25)26/h8-11,17-18H,4-7,12-14H2,1-3H3,(H,25,26)/t17-,18-/m1/s1. The maximum absolute atomic E-state index is 12.9. The van der Waals surface area contributed by atoms with E-state index >= 15 is 0 Å². The van der Waals surface area contributed by atoms with Crippen LogP contribution in [0.5, 0.6) is 0 Å². The Labute approximate surface area is 156 Å². The van der Waals surface area contributed by atoms with Gasteiger partial charge in [-0.25, -0.2) is 0 Å². The number of likely N-dealkylation sites (tertiary alicyclic amines) is 2. The summed E-state index contributed by atoms with van der Waals surface area (Å²) in [5.74, 6) is -0.758. The number of carbonyl (C=O) groups is 2. The maximum atomic E-state index is 12.9. The van der Waals surface area contributed by atoms with Gasteiger partial charge >= 0.3 is 5.97 Å². The van der Waals surface area contributed by atoms with Crippen LogP contribution >= 0.6 is 0 Å². The van der Waals surface area contributed by atoms with Crippen molar-refractivity contribution < 1.29 is 14.7 Å². The van der Waals surface area contributed by atoms with Gasteiger partial charge in [0.2, 0.25) is 5.91 Å². The Morgan fingerprint density at radius 2 is 1.73 bits per heavy atom. The molecule has 1 aromatic carbocycles. The van der Waals surface area contributed by atoms with Crippen LogP contribution in [-0.4, -0.2) is 52.5 Å². The smallest absolute Gasteiger partial charge is 0.320 e. The molecule has 3 rings (SSSR count). The van der Waals surface area contributed by atoms with Gasteiger partial charge < -0.3 is 10.0 Å². The third-order valence-electron chi connectivity index (χ3n) is 5.72. The van der Waals surface area contributed by atoms with Crippen LogP contribution in [0, 0.1) is 0 Å². The molecule has 0 bridgehead atoms. The second kappa shape index (κ2) is 7.39. The summed E-state index contributed by atoms with van der Waals surface area (Å²) in [5.41, 5.74) is 2.59. The van der Waals surface area contributed by atoms with Gasteiger partial charge in [0.25, 0.3) is 0 Å². The predicted octanol–water partition coefficient (Wildman–Crippen LogP) is 3.20. The molecule has 2 aliphatic heterocycles. The number of hydrogen-bond donors (Lipinski definition) is 1. The van der Waals surface area contributed by atoms with Gasteiger partial charge in [0.15, 0.2) is 0 Å². The Bertz CT molecular complexity index is 663. The fourth-order valence-corrected chi connectivity index (χ4v) is 4.18. The van der Waals surface area contributed by atoms with Gasteiger partial charge in [0.05, 0.1) is 12.6 Å². The Morgan fingerprint density at radius 1 is 1.08 bits per heavy atom. The first kappa shape index (κ1) is 18.9. The Morgan fingerprint density at radius 3 is 2.35 bits per heavy atom. The summed E-state index contributed by atoms with van der Waals surface area (Å²) in [6.45, 7) is 8.26. The van der Waals surface area contributed by atoms with Crippen LogP contribution in [0.4, 0.5) is 0 Å². The first-order valence-electron chi connectivity index (χ1n) is 9.64. The van der Waals surface area contributed by atoms with Gasteiger partial charge in [-0.05, 0) is 48.8 Å². The molecule has 1 aromatic rings. The highest BCUT2D eigenvalue weighted by Gasteiger charge is 2.35. The molecule has 0 aromatic heterocycles. The van der Waals surface area contributed by atoms with Crippen molar-refractivity contribution >= 4 is 11.9 Å². The van der Waals surface area contributed by atoms with E-state index in [1.165, 1.54) is 11.1 Å². The van der Waals surface area contributed by atoms with E-state index in [4.69, 9.17) is 0 Å². The molecule has 0 aliphatic carbocycles. The number of rotatable bonds is 4. The summed E-state index contributed by atoms with van der Waals surface area (Å²) in [7, 11) is 0. The lowest BCUT2D eigenvalue weighted by atomic mass is 9.86. The van der Waals surface area contributed by atoms with Gasteiger partial charge in [-0.2, -0.15) is 0 Å². The van der Waals surface area contributed by atoms with Crippen molar-refractivity contribution in [2.24, 2.45) is 0 Å². The van der Waals surface area contributed by atoms with Crippen molar-refractivity contribution in [2.45, 2.75) is 64.0 Å². The number of aliphatic carboxylic acids is 1. The van der Waals surface area contributed by atoms with Crippen molar-refractivity contribution in [3.05, 3.63) is 35.4 Å². The third-order valence-corrected chi connectivity index (χ3v) is 5.72. The molecule has 0 saturated carbocycles. The maximum Gasteiger partial charge on any atom is 0.320 e. The monoisotopic (exact) mass is 358 g/mol. The molecular formula is C21H30N2O3. The number of nitrogens with zero attached hydrogens (tertiary/aromatic N) is 2. The highest BCUT2D eigenvalue weighted by atomic mass is 16.4. The van der Waals surface area contributed by atoms with Crippen molar-refractivity contribution in [1.29, 1.82) is 0 Å². The van der Waals surface area contributed by atoms with Crippen LogP contribution in [0.1, 0.15) is 63.6 Å². The minimum Gasteiger partial charge on any atom is -0.480 e. The molecule has 2 aliphatic rings.